The Morgan fingerprint density at radius 2 is 2.03 bits per heavy atom. The number of nitrogens with zero attached hydrogens (tertiary/aromatic N) is 5. The first kappa shape index (κ1) is 17.5. The number of benzene rings is 1. The van der Waals surface area contributed by atoms with Gasteiger partial charge in [-0.1, -0.05) is 30.3 Å². The van der Waals surface area contributed by atoms with Gasteiger partial charge >= 0.3 is 0 Å². The summed E-state index contributed by atoms with van der Waals surface area (Å²) in [6.07, 6.45) is 2.54. The average molecular weight is 396 g/mol. The number of aromatic amines is 1. The van der Waals surface area contributed by atoms with Crippen molar-refractivity contribution >= 4 is 16.7 Å². The number of nitrogens with one attached hydrogen (secondary N) is 1. The second-order valence-electron chi connectivity index (χ2n) is 6.43. The standard InChI is InChI=1S/C21H12N6O3/c1-11-15(19-25-17-14(30-19)8-9-23-20(17)29-2)21(28)27-18(24-11)16(13(10-22)26-27)12-6-4-3-5-7-12/h3-7,26H,1-2H3. The highest BCUT2D eigenvalue weighted by Crippen LogP contribution is 2.30. The molecular weight excluding hydrogens is 384 g/mol. The Kier molecular flexibility index (Phi) is 3.76. The van der Waals surface area contributed by atoms with Crippen LogP contribution in [0.3, 0.4) is 0 Å². The van der Waals surface area contributed by atoms with E-state index in [9.17, 15) is 10.1 Å². The van der Waals surface area contributed by atoms with Crippen molar-refractivity contribution in [3.05, 3.63) is 64.3 Å². The average Bonchev–Trinajstić information content (AvgIpc) is 3.35. The number of fused-ring (bicyclic) bond motifs is 2. The minimum atomic E-state index is -0.446. The first-order chi connectivity index (χ1) is 14.6. The van der Waals surface area contributed by atoms with Crippen molar-refractivity contribution in [2.45, 2.75) is 6.92 Å². The van der Waals surface area contributed by atoms with Crippen molar-refractivity contribution in [2.24, 2.45) is 0 Å². The Morgan fingerprint density at radius 3 is 2.77 bits per heavy atom. The zero-order valence-corrected chi connectivity index (χ0v) is 15.8. The van der Waals surface area contributed by atoms with E-state index in [2.05, 4.69) is 38.4 Å². The Balaban J connectivity index is 1.80. The summed E-state index contributed by atoms with van der Waals surface area (Å²) in [6.45, 7) is 1.69. The molecule has 0 aliphatic heterocycles. The Hall–Kier alpha value is -4.63. The fourth-order valence-corrected chi connectivity index (χ4v) is 3.37. The van der Waals surface area contributed by atoms with Gasteiger partial charge in [0.25, 0.3) is 11.4 Å². The lowest BCUT2D eigenvalue weighted by Gasteiger charge is -2.03. The van der Waals surface area contributed by atoms with Crippen molar-refractivity contribution < 1.29 is 9.15 Å². The number of aryl methyl sites for hydroxylation is 1. The van der Waals surface area contributed by atoms with Gasteiger partial charge in [-0.2, -0.15) is 14.8 Å². The van der Waals surface area contributed by atoms with Gasteiger partial charge in [-0.3, -0.25) is 9.89 Å². The molecule has 30 heavy (non-hydrogen) atoms. The molecule has 9 heteroatoms. The summed E-state index contributed by atoms with van der Waals surface area (Å²) in [5.74, 6) is 0.267. The van der Waals surface area contributed by atoms with Crippen molar-refractivity contribution in [2.75, 3.05) is 7.11 Å². The van der Waals surface area contributed by atoms with Gasteiger partial charge in [0.1, 0.15) is 17.3 Å². The fourth-order valence-electron chi connectivity index (χ4n) is 3.37. The monoisotopic (exact) mass is 396 g/mol. The molecule has 0 bridgehead atoms. The molecule has 0 saturated carbocycles. The summed E-state index contributed by atoms with van der Waals surface area (Å²) < 4.78 is 12.1. The number of hydrogen-bond donors (Lipinski definition) is 1. The maximum absolute atomic E-state index is 13.3. The lowest BCUT2D eigenvalue weighted by molar-refractivity contribution is 0.402. The first-order valence-electron chi connectivity index (χ1n) is 8.87. The summed E-state index contributed by atoms with van der Waals surface area (Å²) in [6, 6.07) is 14.1. The third-order valence-electron chi connectivity index (χ3n) is 4.70. The van der Waals surface area contributed by atoms with Crippen LogP contribution in [0.15, 0.2) is 39.5 Å². The van der Waals surface area contributed by atoms with Crippen LogP contribution in [0.4, 0.5) is 0 Å². The molecule has 0 atom stereocenters. The summed E-state index contributed by atoms with van der Waals surface area (Å²) in [5.41, 5.74) is 2.60. The van der Waals surface area contributed by atoms with Crippen molar-refractivity contribution in [3.8, 4) is 34.5 Å². The number of aromatic nitrogens is 5. The summed E-state index contributed by atoms with van der Waals surface area (Å²) in [5, 5.41) is 12.4. The van der Waals surface area contributed by atoms with Gasteiger partial charge in [0, 0.05) is 6.20 Å². The molecule has 9 nitrogen and oxygen atoms in total. The molecule has 4 heterocycles. The van der Waals surface area contributed by atoms with Crippen LogP contribution in [-0.4, -0.2) is 31.7 Å². The molecular formula is C21H12N6O3. The molecule has 5 aromatic rings. The van der Waals surface area contributed by atoms with E-state index in [0.717, 1.165) is 5.56 Å². The fraction of sp³-hybridized carbons (Fsp3) is 0.0952. The highest BCUT2D eigenvalue weighted by molar-refractivity contribution is 5.83. The minimum absolute atomic E-state index is 0.0553. The second-order valence-corrected chi connectivity index (χ2v) is 6.43. The van der Waals surface area contributed by atoms with Crippen LogP contribution in [0.1, 0.15) is 11.4 Å². The van der Waals surface area contributed by atoms with E-state index in [1.54, 1.807) is 6.92 Å². The Labute approximate surface area is 169 Å². The zero-order chi connectivity index (χ0) is 20.8. The molecule has 0 aliphatic rings. The van der Waals surface area contributed by atoms with E-state index in [1.807, 2.05) is 30.3 Å². The van der Waals surface area contributed by atoms with Gasteiger partial charge in [0.2, 0.25) is 11.5 Å². The van der Waals surface area contributed by atoms with Gasteiger partial charge in [0.05, 0.1) is 18.4 Å². The van der Waals surface area contributed by atoms with E-state index in [4.69, 9.17) is 9.15 Å². The molecule has 0 amide bonds. The first-order valence-corrected chi connectivity index (χ1v) is 8.87. The van der Waals surface area contributed by atoms with E-state index in [0.29, 0.717) is 22.4 Å². The Bertz CT molecular complexity index is 1520. The molecule has 0 spiro atoms. The van der Waals surface area contributed by atoms with Crippen LogP contribution in [-0.2, 0) is 0 Å². The number of H-pyrrole nitrogens is 1. The molecule has 144 valence electrons. The summed E-state index contributed by atoms with van der Waals surface area (Å²) >= 11 is 0. The third kappa shape index (κ3) is 2.43. The lowest BCUT2D eigenvalue weighted by atomic mass is 10.1. The van der Waals surface area contributed by atoms with E-state index in [1.165, 1.54) is 11.6 Å². The molecule has 1 aromatic carbocycles. The number of hydrogen-bond acceptors (Lipinski definition) is 7. The maximum atomic E-state index is 13.3. The quantitative estimate of drug-likeness (QED) is 0.497. The highest BCUT2D eigenvalue weighted by Gasteiger charge is 2.23. The van der Waals surface area contributed by atoms with Gasteiger partial charge in [-0.25, -0.2) is 9.97 Å². The molecule has 0 unspecified atom stereocenters. The van der Waals surface area contributed by atoms with E-state index >= 15 is 0 Å². The molecule has 5 rings (SSSR count). The molecule has 4 aromatic heterocycles. The smallest absolute Gasteiger partial charge is 0.285 e. The van der Waals surface area contributed by atoms with Crippen LogP contribution >= 0.6 is 0 Å². The number of rotatable bonds is 3. The molecule has 0 fully saturated rings. The molecule has 0 saturated heterocycles. The number of ether oxygens (including phenoxy) is 1. The molecule has 0 radical (unpaired) electrons. The van der Waals surface area contributed by atoms with Gasteiger partial charge in [-0.15, -0.1) is 0 Å². The zero-order valence-electron chi connectivity index (χ0n) is 15.8. The summed E-state index contributed by atoms with van der Waals surface area (Å²) in [7, 11) is 1.45. The molecule has 1 N–H and O–H groups in total. The normalized spacial score (nSPS) is 10.8. The summed E-state index contributed by atoms with van der Waals surface area (Å²) in [4.78, 5) is 26.2. The number of oxazole rings is 1. The largest absolute Gasteiger partial charge is 0.479 e. The topological polar surface area (TPSA) is 122 Å². The van der Waals surface area contributed by atoms with Gasteiger partial charge in [0.15, 0.2) is 11.2 Å². The van der Waals surface area contributed by atoms with Crippen molar-refractivity contribution in [1.29, 1.82) is 5.26 Å². The van der Waals surface area contributed by atoms with Crippen LogP contribution in [0.5, 0.6) is 5.88 Å². The van der Waals surface area contributed by atoms with Crippen molar-refractivity contribution in [1.82, 2.24) is 24.6 Å². The van der Waals surface area contributed by atoms with Crippen molar-refractivity contribution in [3.63, 3.8) is 0 Å². The van der Waals surface area contributed by atoms with Crippen LogP contribution in [0.25, 0.3) is 39.3 Å². The predicted octanol–water partition coefficient (Wildman–Crippen LogP) is 2.68. The van der Waals surface area contributed by atoms with Crippen LogP contribution in [0.2, 0.25) is 0 Å². The molecule has 0 aliphatic carbocycles. The second kappa shape index (κ2) is 6.47. The van der Waals surface area contributed by atoms with Crippen LogP contribution < -0.4 is 10.3 Å². The minimum Gasteiger partial charge on any atom is -0.479 e. The third-order valence-corrected chi connectivity index (χ3v) is 4.70. The highest BCUT2D eigenvalue weighted by atomic mass is 16.5. The maximum Gasteiger partial charge on any atom is 0.285 e. The Morgan fingerprint density at radius 1 is 1.23 bits per heavy atom. The number of methoxy groups -OCH3 is 1. The van der Waals surface area contributed by atoms with Crippen LogP contribution in [0, 0.1) is 30.5 Å². The lowest BCUT2D eigenvalue weighted by Crippen LogP contribution is -2.19. The van der Waals surface area contributed by atoms with E-state index in [-0.39, 0.29) is 28.6 Å². The van der Waals surface area contributed by atoms with Gasteiger partial charge < -0.3 is 9.15 Å². The van der Waals surface area contributed by atoms with Gasteiger partial charge in [-0.05, 0) is 18.6 Å². The number of nitriles is 1. The van der Waals surface area contributed by atoms with E-state index < -0.39 is 5.56 Å². The SMILES string of the molecule is COc1nc#cc2oc(-c3c(C)nc4c(-c5ccccc5)c(C#N)[nH]n4c3=O)nc12. The predicted molar refractivity (Wildman–Crippen MR) is 106 cm³/mol.